The summed E-state index contributed by atoms with van der Waals surface area (Å²) < 4.78 is 4.21. The minimum atomic E-state index is 0.893. The highest BCUT2D eigenvalue weighted by Gasteiger charge is 2.01. The second-order valence-electron chi connectivity index (χ2n) is 3.44. The number of nitrogens with one attached hydrogen (secondary N) is 2. The van der Waals surface area contributed by atoms with Crippen LogP contribution in [0.15, 0.2) is 12.4 Å². The monoisotopic (exact) mass is 237 g/mol. The number of aromatic nitrogens is 4. The van der Waals surface area contributed by atoms with Crippen molar-refractivity contribution >= 4 is 16.7 Å². The largest absolute Gasteiger partial charge is 0.360 e. The fraction of sp³-hybridized carbons (Fsp3) is 0.500. The molecule has 16 heavy (non-hydrogen) atoms. The molecule has 5 nitrogen and oxygen atoms in total. The number of anilines is 1. The van der Waals surface area contributed by atoms with Crippen LogP contribution in [0.1, 0.15) is 25.0 Å². The van der Waals surface area contributed by atoms with E-state index in [0.717, 1.165) is 42.6 Å². The zero-order valence-electron chi connectivity index (χ0n) is 9.23. The van der Waals surface area contributed by atoms with Gasteiger partial charge in [-0.05, 0) is 6.42 Å². The molecule has 2 aromatic rings. The summed E-state index contributed by atoms with van der Waals surface area (Å²) in [6.07, 6.45) is 6.51. The van der Waals surface area contributed by atoms with Gasteiger partial charge in [-0.15, -0.1) is 0 Å². The molecule has 6 heteroatoms. The quantitative estimate of drug-likeness (QED) is 0.753. The molecule has 0 bridgehead atoms. The van der Waals surface area contributed by atoms with Crippen LogP contribution in [-0.2, 0) is 12.8 Å². The van der Waals surface area contributed by atoms with E-state index in [9.17, 15) is 0 Å². The Morgan fingerprint density at radius 3 is 3.12 bits per heavy atom. The first kappa shape index (κ1) is 11.1. The first-order valence-electron chi connectivity index (χ1n) is 5.43. The van der Waals surface area contributed by atoms with Crippen LogP contribution in [0, 0.1) is 0 Å². The molecule has 0 fully saturated rings. The Labute approximate surface area is 98.5 Å². The molecule has 0 spiro atoms. The summed E-state index contributed by atoms with van der Waals surface area (Å²) >= 11 is 1.43. The first-order valence-corrected chi connectivity index (χ1v) is 6.20. The van der Waals surface area contributed by atoms with Gasteiger partial charge in [0.2, 0.25) is 5.13 Å². The highest BCUT2D eigenvalue weighted by Crippen LogP contribution is 2.11. The summed E-state index contributed by atoms with van der Waals surface area (Å²) in [5.74, 6) is 1.95. The number of nitrogens with zero attached hydrogens (tertiary/aromatic N) is 3. The van der Waals surface area contributed by atoms with Crippen LogP contribution in [0.3, 0.4) is 0 Å². The van der Waals surface area contributed by atoms with Gasteiger partial charge in [-0.2, -0.15) is 4.37 Å². The highest BCUT2D eigenvalue weighted by atomic mass is 32.1. The van der Waals surface area contributed by atoms with Gasteiger partial charge in [-0.25, -0.2) is 9.97 Å². The summed E-state index contributed by atoms with van der Waals surface area (Å²) in [5, 5.41) is 4.18. The van der Waals surface area contributed by atoms with Crippen molar-refractivity contribution in [2.24, 2.45) is 0 Å². The Bertz CT molecular complexity index is 409. The van der Waals surface area contributed by atoms with Gasteiger partial charge < -0.3 is 10.3 Å². The van der Waals surface area contributed by atoms with Crippen LogP contribution in [0.5, 0.6) is 0 Å². The Morgan fingerprint density at radius 2 is 2.44 bits per heavy atom. The highest BCUT2D eigenvalue weighted by molar-refractivity contribution is 7.09. The standard InChI is InChI=1S/C10H15N5S/c1-2-8-14-10(16-15-8)13-5-3-4-9-11-6-7-12-9/h6-7H,2-5H2,1H3,(H,11,12)(H,13,14,15). The lowest BCUT2D eigenvalue weighted by atomic mass is 10.3. The fourth-order valence-electron chi connectivity index (χ4n) is 1.36. The van der Waals surface area contributed by atoms with Gasteiger partial charge in [0.25, 0.3) is 0 Å². The van der Waals surface area contributed by atoms with Gasteiger partial charge >= 0.3 is 0 Å². The van der Waals surface area contributed by atoms with Crippen molar-refractivity contribution in [3.63, 3.8) is 0 Å². The molecule has 0 unspecified atom stereocenters. The Morgan fingerprint density at radius 1 is 1.50 bits per heavy atom. The predicted octanol–water partition coefficient (Wildman–Crippen LogP) is 1.87. The number of H-pyrrole nitrogens is 1. The van der Waals surface area contributed by atoms with E-state index in [1.807, 2.05) is 6.20 Å². The van der Waals surface area contributed by atoms with Gasteiger partial charge in [0, 0.05) is 43.3 Å². The average Bonchev–Trinajstić information content (AvgIpc) is 2.95. The van der Waals surface area contributed by atoms with Crippen LogP contribution in [0.4, 0.5) is 5.13 Å². The molecular weight excluding hydrogens is 222 g/mol. The molecule has 0 aromatic carbocycles. The van der Waals surface area contributed by atoms with E-state index in [4.69, 9.17) is 0 Å². The minimum absolute atomic E-state index is 0.893. The number of rotatable bonds is 6. The molecule has 86 valence electrons. The first-order chi connectivity index (χ1) is 7.88. The lowest BCUT2D eigenvalue weighted by Gasteiger charge is -1.99. The van der Waals surface area contributed by atoms with Crippen LogP contribution >= 0.6 is 11.5 Å². The number of aryl methyl sites for hydroxylation is 2. The van der Waals surface area contributed by atoms with Crippen molar-refractivity contribution in [3.8, 4) is 0 Å². The maximum Gasteiger partial charge on any atom is 0.202 e. The summed E-state index contributed by atoms with van der Waals surface area (Å²) in [6.45, 7) is 2.96. The third-order valence-electron chi connectivity index (χ3n) is 2.21. The molecular formula is C10H15N5S. The third kappa shape index (κ3) is 3.03. The number of imidazole rings is 1. The third-order valence-corrected chi connectivity index (χ3v) is 2.92. The fourth-order valence-corrected chi connectivity index (χ4v) is 2.03. The lowest BCUT2D eigenvalue weighted by Crippen LogP contribution is -2.03. The normalized spacial score (nSPS) is 10.6. The molecule has 0 saturated heterocycles. The molecule has 0 aliphatic rings. The van der Waals surface area contributed by atoms with Crippen molar-refractivity contribution in [1.82, 2.24) is 19.3 Å². The van der Waals surface area contributed by atoms with E-state index in [1.165, 1.54) is 11.5 Å². The van der Waals surface area contributed by atoms with Crippen molar-refractivity contribution < 1.29 is 0 Å². The van der Waals surface area contributed by atoms with Crippen LogP contribution in [-0.4, -0.2) is 25.9 Å². The Balaban J connectivity index is 1.68. The molecule has 0 aliphatic carbocycles. The van der Waals surface area contributed by atoms with E-state index in [0.29, 0.717) is 0 Å². The van der Waals surface area contributed by atoms with Gasteiger partial charge in [0.15, 0.2) is 0 Å². The van der Waals surface area contributed by atoms with Crippen molar-refractivity contribution in [3.05, 3.63) is 24.0 Å². The second kappa shape index (κ2) is 5.60. The van der Waals surface area contributed by atoms with Crippen molar-refractivity contribution in [1.29, 1.82) is 0 Å². The molecule has 2 heterocycles. The molecule has 0 saturated carbocycles. The van der Waals surface area contributed by atoms with Gasteiger partial charge in [-0.3, -0.25) is 0 Å². The molecule has 2 N–H and O–H groups in total. The smallest absolute Gasteiger partial charge is 0.202 e. The summed E-state index contributed by atoms with van der Waals surface area (Å²) in [7, 11) is 0. The van der Waals surface area contributed by atoms with Crippen LogP contribution in [0.2, 0.25) is 0 Å². The molecule has 2 aromatic heterocycles. The number of hydrogen-bond donors (Lipinski definition) is 2. The van der Waals surface area contributed by atoms with E-state index in [-0.39, 0.29) is 0 Å². The summed E-state index contributed by atoms with van der Waals surface area (Å²) in [4.78, 5) is 11.6. The lowest BCUT2D eigenvalue weighted by molar-refractivity contribution is 0.815. The topological polar surface area (TPSA) is 66.5 Å². The van der Waals surface area contributed by atoms with Gasteiger partial charge in [-0.1, -0.05) is 6.92 Å². The van der Waals surface area contributed by atoms with Crippen molar-refractivity contribution in [2.75, 3.05) is 11.9 Å². The summed E-state index contributed by atoms with van der Waals surface area (Å²) in [6, 6.07) is 0. The maximum absolute atomic E-state index is 4.34. The molecule has 2 rings (SSSR count). The second-order valence-corrected chi connectivity index (χ2v) is 4.19. The summed E-state index contributed by atoms with van der Waals surface area (Å²) in [5.41, 5.74) is 0. The van der Waals surface area contributed by atoms with Crippen LogP contribution < -0.4 is 5.32 Å². The Hall–Kier alpha value is -1.43. The zero-order valence-corrected chi connectivity index (χ0v) is 10.0. The maximum atomic E-state index is 4.34. The van der Waals surface area contributed by atoms with E-state index in [1.54, 1.807) is 6.20 Å². The van der Waals surface area contributed by atoms with Crippen LogP contribution in [0.25, 0.3) is 0 Å². The van der Waals surface area contributed by atoms with Gasteiger partial charge in [0.05, 0.1) is 0 Å². The SMILES string of the molecule is CCc1nsc(NCCCc2ncc[nH]2)n1. The van der Waals surface area contributed by atoms with E-state index >= 15 is 0 Å². The van der Waals surface area contributed by atoms with E-state index < -0.39 is 0 Å². The Kier molecular flexibility index (Phi) is 3.87. The van der Waals surface area contributed by atoms with Crippen molar-refractivity contribution in [2.45, 2.75) is 26.2 Å². The van der Waals surface area contributed by atoms with E-state index in [2.05, 4.69) is 31.6 Å². The van der Waals surface area contributed by atoms with Gasteiger partial charge in [0.1, 0.15) is 11.6 Å². The number of aromatic amines is 1. The molecule has 0 aliphatic heterocycles. The minimum Gasteiger partial charge on any atom is -0.360 e. The average molecular weight is 237 g/mol. The molecule has 0 amide bonds. The number of hydrogen-bond acceptors (Lipinski definition) is 5. The molecule has 0 atom stereocenters. The predicted molar refractivity (Wildman–Crippen MR) is 64.7 cm³/mol. The molecule has 0 radical (unpaired) electrons. The zero-order chi connectivity index (χ0) is 11.2.